The van der Waals surface area contributed by atoms with Gasteiger partial charge in [0.05, 0.1) is 27.4 Å². The highest BCUT2D eigenvalue weighted by molar-refractivity contribution is 6.34. The van der Waals surface area contributed by atoms with Gasteiger partial charge in [0, 0.05) is 18.9 Å². The zero-order valence-corrected chi connectivity index (χ0v) is 15.3. The standard InChI is InChI=1S/C18H17ClF3N3O2/c1-10(2)7-24-16(26)11-5-12(9-23-8-11)17(27)25-15-6-13(18(20,21)22)3-4-14(15)19/h3-6,8-10H,7H2,1-2H3,(H,24,26)(H,25,27). The first-order valence-corrected chi connectivity index (χ1v) is 8.37. The van der Waals surface area contributed by atoms with E-state index in [0.29, 0.717) is 6.54 Å². The van der Waals surface area contributed by atoms with Gasteiger partial charge < -0.3 is 10.6 Å². The highest BCUT2D eigenvalue weighted by Gasteiger charge is 2.31. The summed E-state index contributed by atoms with van der Waals surface area (Å²) in [5, 5.41) is 4.96. The minimum Gasteiger partial charge on any atom is -0.352 e. The van der Waals surface area contributed by atoms with Crippen molar-refractivity contribution in [2.45, 2.75) is 20.0 Å². The van der Waals surface area contributed by atoms with E-state index < -0.39 is 23.6 Å². The molecule has 0 saturated carbocycles. The van der Waals surface area contributed by atoms with Crippen molar-refractivity contribution in [3.63, 3.8) is 0 Å². The Hall–Kier alpha value is -2.61. The van der Waals surface area contributed by atoms with Gasteiger partial charge in [-0.1, -0.05) is 25.4 Å². The van der Waals surface area contributed by atoms with Gasteiger partial charge >= 0.3 is 6.18 Å². The maximum absolute atomic E-state index is 12.8. The van der Waals surface area contributed by atoms with Crippen LogP contribution in [0, 0.1) is 5.92 Å². The summed E-state index contributed by atoms with van der Waals surface area (Å²) < 4.78 is 38.5. The summed E-state index contributed by atoms with van der Waals surface area (Å²) in [4.78, 5) is 28.2. The predicted octanol–water partition coefficient (Wildman–Crippen LogP) is 4.39. The minimum atomic E-state index is -4.57. The number of amides is 2. The van der Waals surface area contributed by atoms with Crippen LogP contribution in [-0.2, 0) is 6.18 Å². The summed E-state index contributed by atoms with van der Waals surface area (Å²) in [7, 11) is 0. The Morgan fingerprint density at radius 3 is 2.33 bits per heavy atom. The first-order chi connectivity index (χ1) is 12.6. The quantitative estimate of drug-likeness (QED) is 0.783. The Balaban J connectivity index is 2.19. The second-order valence-electron chi connectivity index (χ2n) is 6.21. The van der Waals surface area contributed by atoms with Crippen LogP contribution in [0.15, 0.2) is 36.7 Å². The van der Waals surface area contributed by atoms with Gasteiger partial charge in [0.2, 0.25) is 0 Å². The molecule has 0 fully saturated rings. The van der Waals surface area contributed by atoms with E-state index in [1.807, 2.05) is 13.8 Å². The number of alkyl halides is 3. The van der Waals surface area contributed by atoms with Crippen molar-refractivity contribution in [2.24, 2.45) is 5.92 Å². The maximum Gasteiger partial charge on any atom is 0.416 e. The van der Waals surface area contributed by atoms with E-state index in [2.05, 4.69) is 15.6 Å². The summed E-state index contributed by atoms with van der Waals surface area (Å²) >= 11 is 5.87. The normalized spacial score (nSPS) is 11.4. The monoisotopic (exact) mass is 399 g/mol. The molecule has 0 bridgehead atoms. The molecule has 1 heterocycles. The number of halogens is 4. The molecule has 9 heteroatoms. The third kappa shape index (κ3) is 5.68. The molecule has 144 valence electrons. The van der Waals surface area contributed by atoms with Gasteiger partial charge in [-0.15, -0.1) is 0 Å². The van der Waals surface area contributed by atoms with Gasteiger partial charge in [0.25, 0.3) is 11.8 Å². The number of nitrogens with one attached hydrogen (secondary N) is 2. The fourth-order valence-electron chi connectivity index (χ4n) is 2.08. The first-order valence-electron chi connectivity index (χ1n) is 7.99. The van der Waals surface area contributed by atoms with E-state index in [-0.39, 0.29) is 27.8 Å². The number of pyridine rings is 1. The lowest BCUT2D eigenvalue weighted by molar-refractivity contribution is -0.137. The van der Waals surface area contributed by atoms with Crippen molar-refractivity contribution in [3.05, 3.63) is 58.4 Å². The number of hydrogen-bond acceptors (Lipinski definition) is 3. The maximum atomic E-state index is 12.8. The molecule has 0 radical (unpaired) electrons. The Kier molecular flexibility index (Phi) is 6.43. The fraction of sp³-hybridized carbons (Fsp3) is 0.278. The molecule has 0 atom stereocenters. The Bertz CT molecular complexity index is 854. The average Bonchev–Trinajstić information content (AvgIpc) is 2.60. The van der Waals surface area contributed by atoms with Gasteiger partial charge in [0.1, 0.15) is 0 Å². The van der Waals surface area contributed by atoms with Gasteiger partial charge in [-0.3, -0.25) is 14.6 Å². The molecule has 1 aromatic carbocycles. The first kappa shape index (κ1) is 20.7. The molecule has 0 aliphatic rings. The summed E-state index contributed by atoms with van der Waals surface area (Å²) in [6.07, 6.45) is -2.07. The van der Waals surface area contributed by atoms with Crippen LogP contribution in [0.25, 0.3) is 0 Å². The molecular formula is C18H17ClF3N3O2. The molecule has 1 aromatic heterocycles. The minimum absolute atomic E-state index is 0.0145. The number of benzene rings is 1. The second kappa shape index (κ2) is 8.39. The summed E-state index contributed by atoms with van der Waals surface area (Å²) in [5.41, 5.74) is -0.951. The molecule has 2 N–H and O–H groups in total. The highest BCUT2D eigenvalue weighted by Crippen LogP contribution is 2.33. The molecule has 2 amide bonds. The van der Waals surface area contributed by atoms with Crippen LogP contribution in [0.3, 0.4) is 0 Å². The molecule has 2 rings (SSSR count). The van der Waals surface area contributed by atoms with Crippen molar-refractivity contribution in [1.29, 1.82) is 0 Å². The van der Waals surface area contributed by atoms with E-state index in [0.717, 1.165) is 18.2 Å². The van der Waals surface area contributed by atoms with Crippen molar-refractivity contribution < 1.29 is 22.8 Å². The molecule has 27 heavy (non-hydrogen) atoms. The summed E-state index contributed by atoms with van der Waals surface area (Å²) in [6.45, 7) is 4.32. The Labute approximate surface area is 158 Å². The number of carbonyl (C=O) groups excluding carboxylic acids is 2. The van der Waals surface area contributed by atoms with E-state index in [1.165, 1.54) is 18.5 Å². The largest absolute Gasteiger partial charge is 0.416 e. The van der Waals surface area contributed by atoms with Gasteiger partial charge in [-0.2, -0.15) is 13.2 Å². The van der Waals surface area contributed by atoms with Gasteiger partial charge in [-0.25, -0.2) is 0 Å². The van der Waals surface area contributed by atoms with Crippen LogP contribution in [-0.4, -0.2) is 23.3 Å². The van der Waals surface area contributed by atoms with Crippen molar-refractivity contribution in [3.8, 4) is 0 Å². The van der Waals surface area contributed by atoms with E-state index >= 15 is 0 Å². The van der Waals surface area contributed by atoms with Crippen LogP contribution in [0.2, 0.25) is 5.02 Å². The molecule has 5 nitrogen and oxygen atoms in total. The van der Waals surface area contributed by atoms with Crippen LogP contribution in [0.5, 0.6) is 0 Å². The summed E-state index contributed by atoms with van der Waals surface area (Å²) in [5.74, 6) is -0.887. The van der Waals surface area contributed by atoms with Crippen molar-refractivity contribution >= 4 is 29.1 Å². The number of rotatable bonds is 5. The molecule has 0 spiro atoms. The lowest BCUT2D eigenvalue weighted by Gasteiger charge is -2.12. The topological polar surface area (TPSA) is 71.1 Å². The van der Waals surface area contributed by atoms with E-state index in [4.69, 9.17) is 11.6 Å². The second-order valence-corrected chi connectivity index (χ2v) is 6.62. The van der Waals surface area contributed by atoms with E-state index in [9.17, 15) is 22.8 Å². The SMILES string of the molecule is CC(C)CNC(=O)c1cncc(C(=O)Nc2cc(C(F)(F)F)ccc2Cl)c1. The third-order valence-electron chi connectivity index (χ3n) is 3.48. The number of nitrogens with zero attached hydrogens (tertiary/aromatic N) is 1. The summed E-state index contributed by atoms with van der Waals surface area (Å²) in [6, 6.07) is 3.92. The lowest BCUT2D eigenvalue weighted by atomic mass is 10.1. The Morgan fingerprint density at radius 1 is 1.11 bits per heavy atom. The van der Waals surface area contributed by atoms with Gasteiger partial charge in [0.15, 0.2) is 0 Å². The Morgan fingerprint density at radius 2 is 1.74 bits per heavy atom. The van der Waals surface area contributed by atoms with Crippen LogP contribution in [0.1, 0.15) is 40.1 Å². The smallest absolute Gasteiger partial charge is 0.352 e. The molecule has 0 aliphatic carbocycles. The average molecular weight is 400 g/mol. The molecular weight excluding hydrogens is 383 g/mol. The van der Waals surface area contributed by atoms with Crippen molar-refractivity contribution in [2.75, 3.05) is 11.9 Å². The lowest BCUT2D eigenvalue weighted by Crippen LogP contribution is -2.27. The number of aromatic nitrogens is 1. The third-order valence-corrected chi connectivity index (χ3v) is 3.80. The highest BCUT2D eigenvalue weighted by atomic mass is 35.5. The van der Waals surface area contributed by atoms with E-state index in [1.54, 1.807) is 0 Å². The predicted molar refractivity (Wildman–Crippen MR) is 95.8 cm³/mol. The fourth-order valence-corrected chi connectivity index (χ4v) is 2.24. The van der Waals surface area contributed by atoms with Crippen molar-refractivity contribution in [1.82, 2.24) is 10.3 Å². The molecule has 0 unspecified atom stereocenters. The zero-order chi connectivity index (χ0) is 20.2. The molecule has 0 aliphatic heterocycles. The zero-order valence-electron chi connectivity index (χ0n) is 14.5. The van der Waals surface area contributed by atoms with Crippen LogP contribution >= 0.6 is 11.6 Å². The molecule has 2 aromatic rings. The molecule has 0 saturated heterocycles. The number of hydrogen-bond donors (Lipinski definition) is 2. The van der Waals surface area contributed by atoms with Crippen LogP contribution in [0.4, 0.5) is 18.9 Å². The van der Waals surface area contributed by atoms with Crippen LogP contribution < -0.4 is 10.6 Å². The number of anilines is 1. The number of carbonyl (C=O) groups is 2. The van der Waals surface area contributed by atoms with Gasteiger partial charge in [-0.05, 0) is 30.2 Å².